The molecule has 0 fully saturated rings. The van der Waals surface area contributed by atoms with Crippen molar-refractivity contribution in [3.8, 4) is 5.75 Å². The first-order valence-electron chi connectivity index (χ1n) is 8.65. The minimum absolute atomic E-state index is 0.0606. The summed E-state index contributed by atoms with van der Waals surface area (Å²) in [4.78, 5) is 22.5. The third-order valence-corrected chi connectivity index (χ3v) is 4.42. The van der Waals surface area contributed by atoms with Crippen LogP contribution in [-0.2, 0) is 0 Å². The van der Waals surface area contributed by atoms with Crippen molar-refractivity contribution in [3.63, 3.8) is 0 Å². The Bertz CT molecular complexity index is 1010. The summed E-state index contributed by atoms with van der Waals surface area (Å²) in [5, 5.41) is 25.9. The van der Waals surface area contributed by atoms with E-state index in [0.29, 0.717) is 5.69 Å². The molecule has 2 amide bonds. The third kappa shape index (κ3) is 4.27. The van der Waals surface area contributed by atoms with Gasteiger partial charge in [0, 0.05) is 17.7 Å². The van der Waals surface area contributed by atoms with Crippen LogP contribution in [-0.4, -0.2) is 16.1 Å². The Labute approximate surface area is 161 Å². The number of urea groups is 1. The molecule has 0 heterocycles. The summed E-state index contributed by atoms with van der Waals surface area (Å²) >= 11 is 0. The number of rotatable bonds is 5. The van der Waals surface area contributed by atoms with Crippen molar-refractivity contribution in [3.05, 3.63) is 94.0 Å². The number of hydrogen-bond acceptors (Lipinski definition) is 4. The number of non-ortho nitro benzene ring substituents is 1. The molecular weight excluding hydrogens is 358 g/mol. The lowest BCUT2D eigenvalue weighted by Gasteiger charge is -2.18. The first-order chi connectivity index (χ1) is 13.5. The highest BCUT2D eigenvalue weighted by Crippen LogP contribution is 2.31. The van der Waals surface area contributed by atoms with E-state index in [9.17, 15) is 20.0 Å². The van der Waals surface area contributed by atoms with Crippen molar-refractivity contribution in [2.24, 2.45) is 0 Å². The summed E-state index contributed by atoms with van der Waals surface area (Å²) in [7, 11) is 0. The van der Waals surface area contributed by atoms with E-state index in [1.807, 2.05) is 48.5 Å². The molecule has 0 aliphatic rings. The fourth-order valence-corrected chi connectivity index (χ4v) is 2.92. The Morgan fingerprint density at radius 3 is 2.29 bits per heavy atom. The smallest absolute Gasteiger partial charge is 0.323 e. The molecule has 0 bridgehead atoms. The lowest BCUT2D eigenvalue weighted by atomic mass is 9.92. The van der Waals surface area contributed by atoms with Crippen molar-refractivity contribution >= 4 is 23.1 Å². The van der Waals surface area contributed by atoms with Gasteiger partial charge in [0.1, 0.15) is 5.75 Å². The van der Waals surface area contributed by atoms with E-state index in [1.165, 1.54) is 12.1 Å². The number of aromatic hydroxyl groups is 1. The number of anilines is 2. The number of para-hydroxylation sites is 1. The van der Waals surface area contributed by atoms with Gasteiger partial charge >= 0.3 is 6.03 Å². The number of carbonyl (C=O) groups excluding carboxylic acids is 1. The molecule has 3 aromatic carbocycles. The summed E-state index contributed by atoms with van der Waals surface area (Å²) in [6.45, 7) is 2.05. The van der Waals surface area contributed by atoms with E-state index in [-0.39, 0.29) is 23.0 Å². The zero-order valence-corrected chi connectivity index (χ0v) is 15.1. The summed E-state index contributed by atoms with van der Waals surface area (Å²) in [6, 6.07) is 20.3. The molecule has 0 aliphatic carbocycles. The zero-order chi connectivity index (χ0) is 20.1. The van der Waals surface area contributed by atoms with Crippen LogP contribution in [0.5, 0.6) is 5.75 Å². The first kappa shape index (κ1) is 18.9. The summed E-state index contributed by atoms with van der Waals surface area (Å²) < 4.78 is 0. The molecule has 0 aliphatic heterocycles. The summed E-state index contributed by atoms with van der Waals surface area (Å²) in [5.41, 5.74) is 2.52. The number of nitrogens with one attached hydrogen (secondary N) is 2. The van der Waals surface area contributed by atoms with Gasteiger partial charge in [0.25, 0.3) is 5.69 Å². The van der Waals surface area contributed by atoms with Gasteiger partial charge in [-0.25, -0.2) is 4.79 Å². The highest BCUT2D eigenvalue weighted by Gasteiger charge is 2.16. The van der Waals surface area contributed by atoms with Crippen LogP contribution in [0.25, 0.3) is 0 Å². The second-order valence-electron chi connectivity index (χ2n) is 6.26. The standard InChI is InChI=1S/C21H19N3O4/c1-14(15-7-3-2-4-8-15)17-9-5-6-10-18(17)22-21(26)23-19-12-11-16(24(27)28)13-20(19)25/h2-14,25H,1H3,(H2,22,23,26). The average molecular weight is 377 g/mol. The number of benzene rings is 3. The van der Waals surface area contributed by atoms with E-state index in [2.05, 4.69) is 17.6 Å². The normalized spacial score (nSPS) is 11.5. The van der Waals surface area contributed by atoms with E-state index in [0.717, 1.165) is 17.2 Å². The van der Waals surface area contributed by atoms with Crippen molar-refractivity contribution in [2.75, 3.05) is 10.6 Å². The molecule has 1 atom stereocenters. The van der Waals surface area contributed by atoms with Crippen molar-refractivity contribution < 1.29 is 14.8 Å². The number of carbonyl (C=O) groups is 1. The van der Waals surface area contributed by atoms with Crippen LogP contribution < -0.4 is 10.6 Å². The minimum atomic E-state index is -0.620. The minimum Gasteiger partial charge on any atom is -0.506 e. The van der Waals surface area contributed by atoms with Crippen molar-refractivity contribution in [1.29, 1.82) is 0 Å². The van der Waals surface area contributed by atoms with Crippen LogP contribution in [0.2, 0.25) is 0 Å². The maximum Gasteiger partial charge on any atom is 0.323 e. The molecule has 3 N–H and O–H groups in total. The summed E-state index contributed by atoms with van der Waals surface area (Å²) in [6.07, 6.45) is 0. The van der Waals surface area contributed by atoms with Crippen LogP contribution in [0.3, 0.4) is 0 Å². The Kier molecular flexibility index (Phi) is 5.55. The van der Waals surface area contributed by atoms with Crippen LogP contribution in [0.4, 0.5) is 21.9 Å². The lowest BCUT2D eigenvalue weighted by Crippen LogP contribution is -2.20. The molecule has 3 aromatic rings. The van der Waals surface area contributed by atoms with Gasteiger partial charge in [-0.1, -0.05) is 55.5 Å². The number of nitro benzene ring substituents is 1. The van der Waals surface area contributed by atoms with Gasteiger partial charge in [0.2, 0.25) is 0 Å². The van der Waals surface area contributed by atoms with Gasteiger partial charge in [-0.15, -0.1) is 0 Å². The monoisotopic (exact) mass is 377 g/mol. The number of nitro groups is 1. The number of hydrogen-bond donors (Lipinski definition) is 3. The van der Waals surface area contributed by atoms with Gasteiger partial charge in [0.15, 0.2) is 0 Å². The number of amides is 2. The van der Waals surface area contributed by atoms with E-state index in [4.69, 9.17) is 0 Å². The van der Waals surface area contributed by atoms with E-state index >= 15 is 0 Å². The molecule has 7 nitrogen and oxygen atoms in total. The summed E-state index contributed by atoms with van der Waals surface area (Å²) in [5.74, 6) is -0.319. The topological polar surface area (TPSA) is 104 Å². The van der Waals surface area contributed by atoms with Crippen LogP contribution in [0.15, 0.2) is 72.8 Å². The molecule has 0 aromatic heterocycles. The van der Waals surface area contributed by atoms with Gasteiger partial charge in [-0.05, 0) is 23.3 Å². The fraction of sp³-hybridized carbons (Fsp3) is 0.0952. The van der Waals surface area contributed by atoms with Gasteiger partial charge in [-0.3, -0.25) is 10.1 Å². The van der Waals surface area contributed by atoms with E-state index in [1.54, 1.807) is 6.07 Å². The molecule has 1 unspecified atom stereocenters. The van der Waals surface area contributed by atoms with Gasteiger partial charge < -0.3 is 15.7 Å². The van der Waals surface area contributed by atoms with Crippen LogP contribution in [0, 0.1) is 10.1 Å². The van der Waals surface area contributed by atoms with Gasteiger partial charge in [-0.2, -0.15) is 0 Å². The first-order valence-corrected chi connectivity index (χ1v) is 8.65. The predicted molar refractivity (Wildman–Crippen MR) is 108 cm³/mol. The molecule has 0 radical (unpaired) electrons. The quantitative estimate of drug-likeness (QED) is 0.327. The number of phenols is 1. The molecular formula is C21H19N3O4. The average Bonchev–Trinajstić information content (AvgIpc) is 2.70. The van der Waals surface area contributed by atoms with Crippen LogP contribution in [0.1, 0.15) is 24.0 Å². The largest absolute Gasteiger partial charge is 0.506 e. The SMILES string of the molecule is CC(c1ccccc1)c1ccccc1NC(=O)Nc1ccc([N+](=O)[O-])cc1O. The lowest BCUT2D eigenvalue weighted by molar-refractivity contribution is -0.384. The maximum absolute atomic E-state index is 12.4. The van der Waals surface area contributed by atoms with Crippen LogP contribution >= 0.6 is 0 Å². The van der Waals surface area contributed by atoms with Crippen molar-refractivity contribution in [1.82, 2.24) is 0 Å². The molecule has 3 rings (SSSR count). The molecule has 0 spiro atoms. The zero-order valence-electron chi connectivity index (χ0n) is 15.1. The fourth-order valence-electron chi connectivity index (χ4n) is 2.92. The second-order valence-corrected chi connectivity index (χ2v) is 6.26. The maximum atomic E-state index is 12.4. The van der Waals surface area contributed by atoms with Gasteiger partial charge in [0.05, 0.1) is 16.7 Å². The Morgan fingerprint density at radius 1 is 0.964 bits per heavy atom. The predicted octanol–water partition coefficient (Wildman–Crippen LogP) is 5.10. The second kappa shape index (κ2) is 8.22. The molecule has 0 saturated carbocycles. The molecule has 28 heavy (non-hydrogen) atoms. The Morgan fingerprint density at radius 2 is 1.61 bits per heavy atom. The Hall–Kier alpha value is -3.87. The third-order valence-electron chi connectivity index (χ3n) is 4.42. The van der Waals surface area contributed by atoms with Crippen molar-refractivity contribution in [2.45, 2.75) is 12.8 Å². The number of phenolic OH excluding ortho intramolecular Hbond substituents is 1. The highest BCUT2D eigenvalue weighted by atomic mass is 16.6. The number of nitrogens with zero attached hydrogens (tertiary/aromatic N) is 1. The molecule has 142 valence electrons. The molecule has 7 heteroatoms. The Balaban J connectivity index is 1.77. The highest BCUT2D eigenvalue weighted by molar-refractivity contribution is 6.01. The molecule has 0 saturated heterocycles. The van der Waals surface area contributed by atoms with E-state index < -0.39 is 11.0 Å².